The van der Waals surface area contributed by atoms with Crippen LogP contribution in [0.1, 0.15) is 16.2 Å². The average molecular weight is 403 g/mol. The lowest BCUT2D eigenvalue weighted by molar-refractivity contribution is -0.385. The number of nitrogens with one attached hydrogen (secondary N) is 2. The third kappa shape index (κ3) is 4.58. The Bertz CT molecular complexity index is 1040. The topological polar surface area (TPSA) is 159 Å². The summed E-state index contributed by atoms with van der Waals surface area (Å²) in [4.78, 5) is 35.0. The molecule has 0 aliphatic heterocycles. The maximum atomic E-state index is 12.4. The molecule has 2 N–H and O–H groups in total. The molecule has 0 atom stereocenters. The van der Waals surface area contributed by atoms with E-state index in [-0.39, 0.29) is 36.0 Å². The number of hydrogen-bond donors (Lipinski definition) is 2. The molecule has 0 unspecified atom stereocenters. The molecule has 0 saturated carbocycles. The molecule has 0 radical (unpaired) electrons. The van der Waals surface area contributed by atoms with Crippen molar-refractivity contribution in [3.63, 3.8) is 0 Å². The van der Waals surface area contributed by atoms with Gasteiger partial charge in [-0.15, -0.1) is 5.10 Å². The number of furan rings is 1. The zero-order valence-electron chi connectivity index (χ0n) is 15.5. The third-order valence-corrected chi connectivity index (χ3v) is 3.73. The van der Waals surface area contributed by atoms with Crippen LogP contribution < -0.4 is 15.4 Å². The first-order chi connectivity index (χ1) is 13.9. The second-order valence-electron chi connectivity index (χ2n) is 5.85. The van der Waals surface area contributed by atoms with Crippen molar-refractivity contribution in [2.75, 3.05) is 12.4 Å². The molecule has 0 spiro atoms. The lowest BCUT2D eigenvalue weighted by Crippen LogP contribution is -2.25. The molecule has 0 saturated heterocycles. The molecule has 3 aromatic rings. The maximum absolute atomic E-state index is 12.4. The van der Waals surface area contributed by atoms with Crippen molar-refractivity contribution in [1.29, 1.82) is 0 Å². The maximum Gasteiger partial charge on any atom is 0.350 e. The van der Waals surface area contributed by atoms with E-state index in [1.165, 1.54) is 24.3 Å². The Balaban J connectivity index is 1.67. The molecular formula is C16H17N7O6. The Kier molecular flexibility index (Phi) is 5.57. The molecule has 13 nitrogen and oxygen atoms in total. The van der Waals surface area contributed by atoms with Crippen molar-refractivity contribution >= 4 is 23.2 Å². The number of aryl methyl sites for hydroxylation is 1. The second-order valence-corrected chi connectivity index (χ2v) is 5.85. The van der Waals surface area contributed by atoms with Crippen molar-refractivity contribution in [2.45, 2.75) is 13.1 Å². The Hall–Kier alpha value is -4.16. The first-order valence-corrected chi connectivity index (χ1v) is 8.27. The highest BCUT2D eigenvalue weighted by atomic mass is 16.6. The average Bonchev–Trinajstić information content (AvgIpc) is 3.39. The van der Waals surface area contributed by atoms with E-state index in [1.54, 1.807) is 19.2 Å². The van der Waals surface area contributed by atoms with E-state index in [4.69, 9.17) is 9.15 Å². The number of carbonyl (C=O) groups excluding carboxylic acids is 2. The Morgan fingerprint density at radius 3 is 2.76 bits per heavy atom. The molecule has 152 valence electrons. The van der Waals surface area contributed by atoms with Crippen LogP contribution in [0, 0.1) is 10.1 Å². The summed E-state index contributed by atoms with van der Waals surface area (Å²) in [6.07, 6.45) is 4.03. The summed E-state index contributed by atoms with van der Waals surface area (Å²) < 4.78 is 12.4. The van der Waals surface area contributed by atoms with E-state index in [1.807, 2.05) is 0 Å². The summed E-state index contributed by atoms with van der Waals surface area (Å²) in [5, 5.41) is 24.0. The first-order valence-electron chi connectivity index (χ1n) is 8.27. The minimum atomic E-state index is -0.664. The monoisotopic (exact) mass is 403 g/mol. The minimum Gasteiger partial charge on any atom is -0.475 e. The summed E-state index contributed by atoms with van der Waals surface area (Å²) in [5.74, 6) is -0.705. The van der Waals surface area contributed by atoms with Gasteiger partial charge in [-0.3, -0.25) is 29.1 Å². The molecule has 13 heteroatoms. The molecule has 3 heterocycles. The summed E-state index contributed by atoms with van der Waals surface area (Å²) in [6, 6.07) is 3.40. The van der Waals surface area contributed by atoms with Gasteiger partial charge in [-0.25, -0.2) is 0 Å². The standard InChI is InChI=1S/C16H17N7O6/c1-21-7-11(14(19-21)15(25)17-6-10-4-3-5-29-10)18-13(24)9-22-8-12(23(26)27)16(20-22)28-2/h3-5,7-8H,6,9H2,1-2H3,(H,17,25)(H,18,24). The predicted molar refractivity (Wildman–Crippen MR) is 97.1 cm³/mol. The Labute approximate surface area is 163 Å². The van der Waals surface area contributed by atoms with Gasteiger partial charge in [0.2, 0.25) is 5.91 Å². The van der Waals surface area contributed by atoms with Crippen molar-refractivity contribution in [2.24, 2.45) is 7.05 Å². The van der Waals surface area contributed by atoms with E-state index in [2.05, 4.69) is 20.8 Å². The molecular weight excluding hydrogens is 386 g/mol. The molecule has 0 fully saturated rings. The van der Waals surface area contributed by atoms with E-state index < -0.39 is 16.7 Å². The van der Waals surface area contributed by atoms with Gasteiger partial charge in [0.25, 0.3) is 5.91 Å². The van der Waals surface area contributed by atoms with E-state index in [9.17, 15) is 19.7 Å². The van der Waals surface area contributed by atoms with Gasteiger partial charge in [-0.2, -0.15) is 5.10 Å². The van der Waals surface area contributed by atoms with Gasteiger partial charge in [-0.05, 0) is 12.1 Å². The molecule has 3 rings (SSSR count). The van der Waals surface area contributed by atoms with Crippen LogP contribution in [0.15, 0.2) is 35.2 Å². The van der Waals surface area contributed by atoms with Crippen molar-refractivity contribution in [3.05, 3.63) is 52.4 Å². The number of methoxy groups -OCH3 is 1. The van der Waals surface area contributed by atoms with Crippen molar-refractivity contribution < 1.29 is 23.7 Å². The molecule has 0 bridgehead atoms. The lowest BCUT2D eigenvalue weighted by Gasteiger charge is -2.06. The second kappa shape index (κ2) is 8.24. The molecule has 29 heavy (non-hydrogen) atoms. The summed E-state index contributed by atoms with van der Waals surface area (Å²) in [6.45, 7) is -0.168. The SMILES string of the molecule is COc1nn(CC(=O)Nc2cn(C)nc2C(=O)NCc2ccco2)cc1[N+](=O)[O-]. The molecule has 3 aromatic heterocycles. The van der Waals surface area contributed by atoms with E-state index in [0.29, 0.717) is 5.76 Å². The van der Waals surface area contributed by atoms with Crippen LogP contribution in [0.3, 0.4) is 0 Å². The normalized spacial score (nSPS) is 10.6. The fourth-order valence-electron chi connectivity index (χ4n) is 2.49. The van der Waals surface area contributed by atoms with Gasteiger partial charge in [0.15, 0.2) is 5.69 Å². The fourth-order valence-corrected chi connectivity index (χ4v) is 2.49. The van der Waals surface area contributed by atoms with Crippen LogP contribution in [0.5, 0.6) is 5.88 Å². The lowest BCUT2D eigenvalue weighted by atomic mass is 10.3. The van der Waals surface area contributed by atoms with Crippen molar-refractivity contribution in [1.82, 2.24) is 24.9 Å². The number of rotatable bonds is 8. The number of aromatic nitrogens is 4. The quantitative estimate of drug-likeness (QED) is 0.410. The smallest absolute Gasteiger partial charge is 0.350 e. The van der Waals surface area contributed by atoms with Crippen LogP contribution >= 0.6 is 0 Å². The Morgan fingerprint density at radius 1 is 1.34 bits per heavy atom. The Morgan fingerprint density at radius 2 is 2.14 bits per heavy atom. The van der Waals surface area contributed by atoms with Gasteiger partial charge >= 0.3 is 11.6 Å². The number of carbonyl (C=O) groups is 2. The highest BCUT2D eigenvalue weighted by molar-refractivity contribution is 6.02. The number of nitro groups is 1. The van der Waals surface area contributed by atoms with Crippen LogP contribution in [-0.4, -0.2) is 43.4 Å². The van der Waals surface area contributed by atoms with E-state index >= 15 is 0 Å². The molecule has 0 aromatic carbocycles. The zero-order chi connectivity index (χ0) is 21.0. The van der Waals surface area contributed by atoms with Crippen LogP contribution in [0.25, 0.3) is 0 Å². The summed E-state index contributed by atoms with van der Waals surface area (Å²) in [5.41, 5.74) is -0.167. The van der Waals surface area contributed by atoms with Crippen LogP contribution in [0.4, 0.5) is 11.4 Å². The van der Waals surface area contributed by atoms with Gasteiger partial charge in [0.05, 0.1) is 30.5 Å². The van der Waals surface area contributed by atoms with Gasteiger partial charge in [0, 0.05) is 13.2 Å². The van der Waals surface area contributed by atoms with Crippen LogP contribution in [0.2, 0.25) is 0 Å². The number of amides is 2. The molecule has 0 aliphatic rings. The third-order valence-electron chi connectivity index (χ3n) is 3.73. The molecule has 0 aliphatic carbocycles. The largest absolute Gasteiger partial charge is 0.475 e. The number of ether oxygens (including phenoxy) is 1. The summed E-state index contributed by atoms with van der Waals surface area (Å²) in [7, 11) is 2.84. The van der Waals surface area contributed by atoms with Crippen molar-refractivity contribution in [3.8, 4) is 5.88 Å². The highest BCUT2D eigenvalue weighted by Gasteiger charge is 2.22. The summed E-state index contributed by atoms with van der Waals surface area (Å²) >= 11 is 0. The predicted octanol–water partition coefficient (Wildman–Crippen LogP) is 0.695. The van der Waals surface area contributed by atoms with Crippen LogP contribution in [-0.2, 0) is 24.9 Å². The zero-order valence-corrected chi connectivity index (χ0v) is 15.5. The number of nitrogens with zero attached hydrogens (tertiary/aromatic N) is 5. The fraction of sp³-hybridized carbons (Fsp3) is 0.250. The highest BCUT2D eigenvalue weighted by Crippen LogP contribution is 2.24. The van der Waals surface area contributed by atoms with Gasteiger partial charge < -0.3 is 19.8 Å². The number of hydrogen-bond acceptors (Lipinski definition) is 8. The van der Waals surface area contributed by atoms with E-state index in [0.717, 1.165) is 10.9 Å². The minimum absolute atomic E-state index is 0.0106. The molecule has 2 amide bonds. The number of anilines is 1. The van der Waals surface area contributed by atoms with Gasteiger partial charge in [0.1, 0.15) is 18.5 Å². The first kappa shape index (κ1) is 19.6. The van der Waals surface area contributed by atoms with Gasteiger partial charge in [-0.1, -0.05) is 0 Å².